The summed E-state index contributed by atoms with van der Waals surface area (Å²) in [4.78, 5) is 48.1. The van der Waals surface area contributed by atoms with Crippen LogP contribution in [0, 0.1) is 0 Å². The molecule has 34 heavy (non-hydrogen) atoms. The SMILES string of the molecule is Cn1c(=O)n(C2CCC(=O)NC2=O)c2ccc(/C=C/COCCOCC(=O)OC(C)(C)C)cc21. The maximum atomic E-state index is 12.8. The average Bonchev–Trinajstić information content (AvgIpc) is 2.99. The predicted molar refractivity (Wildman–Crippen MR) is 125 cm³/mol. The standard InChI is InChI=1S/C24H31N3O7/c1-24(2,3)34-21(29)15-33-13-12-32-11-5-6-16-7-8-17-19(14-16)26(4)23(31)27(17)18-9-10-20(28)25-22(18)30/h5-8,14,18H,9-13,15H2,1-4H3,(H,25,28,30)/b6-5+. The number of hydrogen-bond acceptors (Lipinski definition) is 7. The quantitative estimate of drug-likeness (QED) is 0.335. The van der Waals surface area contributed by atoms with Gasteiger partial charge in [0.1, 0.15) is 18.2 Å². The van der Waals surface area contributed by atoms with Crippen molar-refractivity contribution in [2.24, 2.45) is 7.05 Å². The van der Waals surface area contributed by atoms with Gasteiger partial charge < -0.3 is 14.2 Å². The number of esters is 1. The monoisotopic (exact) mass is 473 g/mol. The Morgan fingerprint density at radius 3 is 2.59 bits per heavy atom. The van der Waals surface area contributed by atoms with Gasteiger partial charge >= 0.3 is 11.7 Å². The first kappa shape index (κ1) is 25.4. The molecule has 1 aromatic heterocycles. The minimum atomic E-state index is -0.707. The van der Waals surface area contributed by atoms with Crippen LogP contribution in [0.4, 0.5) is 0 Å². The van der Waals surface area contributed by atoms with Gasteiger partial charge in [-0.05, 0) is 44.9 Å². The van der Waals surface area contributed by atoms with Crippen molar-refractivity contribution in [3.63, 3.8) is 0 Å². The molecule has 10 nitrogen and oxygen atoms in total. The molecule has 1 atom stereocenters. The molecule has 2 heterocycles. The number of carbonyl (C=O) groups is 3. The smallest absolute Gasteiger partial charge is 0.332 e. The molecular weight excluding hydrogens is 442 g/mol. The minimum Gasteiger partial charge on any atom is -0.458 e. The molecule has 0 saturated carbocycles. The van der Waals surface area contributed by atoms with Crippen molar-refractivity contribution in [3.8, 4) is 0 Å². The molecule has 2 amide bonds. The molecule has 1 saturated heterocycles. The zero-order chi connectivity index (χ0) is 24.9. The molecule has 1 unspecified atom stereocenters. The lowest BCUT2D eigenvalue weighted by Crippen LogP contribution is -2.44. The van der Waals surface area contributed by atoms with E-state index in [9.17, 15) is 19.2 Å². The molecule has 10 heteroatoms. The van der Waals surface area contributed by atoms with E-state index < -0.39 is 23.5 Å². The summed E-state index contributed by atoms with van der Waals surface area (Å²) in [5.41, 5.74) is 1.35. The van der Waals surface area contributed by atoms with Gasteiger partial charge in [0.2, 0.25) is 11.8 Å². The summed E-state index contributed by atoms with van der Waals surface area (Å²) >= 11 is 0. The van der Waals surface area contributed by atoms with E-state index in [4.69, 9.17) is 14.2 Å². The third kappa shape index (κ3) is 6.42. The van der Waals surface area contributed by atoms with Gasteiger partial charge in [-0.3, -0.25) is 24.0 Å². The number of benzene rings is 1. The Labute approximate surface area is 197 Å². The van der Waals surface area contributed by atoms with Crippen LogP contribution >= 0.6 is 0 Å². The highest BCUT2D eigenvalue weighted by molar-refractivity contribution is 6.00. The van der Waals surface area contributed by atoms with Crippen LogP contribution < -0.4 is 11.0 Å². The lowest BCUT2D eigenvalue weighted by molar-refractivity contribution is -0.160. The van der Waals surface area contributed by atoms with Crippen molar-refractivity contribution < 1.29 is 28.6 Å². The average molecular weight is 474 g/mol. The van der Waals surface area contributed by atoms with Crippen molar-refractivity contribution in [2.45, 2.75) is 45.3 Å². The molecule has 2 aromatic rings. The fourth-order valence-electron chi connectivity index (χ4n) is 3.69. The van der Waals surface area contributed by atoms with Crippen LogP contribution in [0.5, 0.6) is 0 Å². The van der Waals surface area contributed by atoms with Crippen LogP contribution in [0.1, 0.15) is 45.2 Å². The van der Waals surface area contributed by atoms with Crippen LogP contribution in [0.15, 0.2) is 29.1 Å². The van der Waals surface area contributed by atoms with Gasteiger partial charge in [0.05, 0.1) is 30.9 Å². The van der Waals surface area contributed by atoms with Crippen LogP contribution in [-0.2, 0) is 35.6 Å². The largest absolute Gasteiger partial charge is 0.458 e. The Kier molecular flexibility index (Phi) is 8.06. The third-order valence-electron chi connectivity index (χ3n) is 5.17. The van der Waals surface area contributed by atoms with E-state index in [2.05, 4.69) is 5.32 Å². The van der Waals surface area contributed by atoms with Gasteiger partial charge in [-0.2, -0.15) is 0 Å². The molecule has 1 aliphatic heterocycles. The molecule has 184 valence electrons. The highest BCUT2D eigenvalue weighted by atomic mass is 16.6. The van der Waals surface area contributed by atoms with Crippen LogP contribution in [0.3, 0.4) is 0 Å². The Morgan fingerprint density at radius 2 is 1.88 bits per heavy atom. The lowest BCUT2D eigenvalue weighted by Gasteiger charge is -2.21. The second kappa shape index (κ2) is 10.8. The first-order valence-electron chi connectivity index (χ1n) is 11.2. The van der Waals surface area contributed by atoms with E-state index >= 15 is 0 Å². The Morgan fingerprint density at radius 1 is 1.15 bits per heavy atom. The second-order valence-electron chi connectivity index (χ2n) is 9.04. The number of carbonyl (C=O) groups excluding carboxylic acids is 3. The number of piperidine rings is 1. The molecule has 3 rings (SSSR count). The number of aromatic nitrogens is 2. The van der Waals surface area contributed by atoms with Gasteiger partial charge in [-0.25, -0.2) is 9.59 Å². The van der Waals surface area contributed by atoms with E-state index in [-0.39, 0.29) is 31.2 Å². The van der Waals surface area contributed by atoms with E-state index in [0.717, 1.165) is 5.56 Å². The van der Waals surface area contributed by atoms with Gasteiger partial charge in [0.25, 0.3) is 0 Å². The molecule has 1 aromatic carbocycles. The van der Waals surface area contributed by atoms with Crippen LogP contribution in [0.2, 0.25) is 0 Å². The summed E-state index contributed by atoms with van der Waals surface area (Å²) in [5, 5.41) is 2.30. The summed E-state index contributed by atoms with van der Waals surface area (Å²) in [7, 11) is 1.65. The van der Waals surface area contributed by atoms with Crippen molar-refractivity contribution in [3.05, 3.63) is 40.3 Å². The van der Waals surface area contributed by atoms with E-state index in [1.54, 1.807) is 33.9 Å². The molecule has 0 spiro atoms. The molecule has 1 aliphatic rings. The minimum absolute atomic E-state index is 0.117. The fourth-order valence-corrected chi connectivity index (χ4v) is 3.69. The molecule has 1 N–H and O–H groups in total. The summed E-state index contributed by atoms with van der Waals surface area (Å²) in [6.07, 6.45) is 4.20. The number of rotatable bonds is 9. The summed E-state index contributed by atoms with van der Waals surface area (Å²) in [6, 6.07) is 4.80. The maximum absolute atomic E-state index is 12.8. The zero-order valence-corrected chi connectivity index (χ0v) is 20.0. The van der Waals surface area contributed by atoms with Gasteiger partial charge in [-0.15, -0.1) is 0 Å². The lowest BCUT2D eigenvalue weighted by atomic mass is 10.1. The number of nitrogens with zero attached hydrogens (tertiary/aromatic N) is 2. The molecule has 0 aliphatic carbocycles. The first-order chi connectivity index (χ1) is 16.1. The highest BCUT2D eigenvalue weighted by Gasteiger charge is 2.31. The first-order valence-corrected chi connectivity index (χ1v) is 11.2. The number of nitrogens with one attached hydrogen (secondary N) is 1. The number of imidazole rings is 1. The van der Waals surface area contributed by atoms with E-state index in [0.29, 0.717) is 30.7 Å². The summed E-state index contributed by atoms with van der Waals surface area (Å²) in [6.45, 7) is 6.23. The van der Waals surface area contributed by atoms with Gasteiger partial charge in [0, 0.05) is 13.5 Å². The Balaban J connectivity index is 1.53. The van der Waals surface area contributed by atoms with Crippen LogP contribution in [-0.4, -0.2) is 58.9 Å². The van der Waals surface area contributed by atoms with E-state index in [1.165, 1.54) is 9.13 Å². The van der Waals surface area contributed by atoms with Crippen molar-refractivity contribution >= 4 is 34.9 Å². The van der Waals surface area contributed by atoms with Gasteiger partial charge in [-0.1, -0.05) is 18.2 Å². The number of fused-ring (bicyclic) bond motifs is 1. The number of hydrogen-bond donors (Lipinski definition) is 1. The Bertz CT molecular complexity index is 1150. The summed E-state index contributed by atoms with van der Waals surface area (Å²) in [5.74, 6) is -1.19. The molecule has 0 radical (unpaired) electrons. The van der Waals surface area contributed by atoms with E-state index in [1.807, 2.05) is 24.3 Å². The number of ether oxygens (including phenoxy) is 3. The van der Waals surface area contributed by atoms with Crippen molar-refractivity contribution in [2.75, 3.05) is 26.4 Å². The van der Waals surface area contributed by atoms with Crippen molar-refractivity contribution in [1.82, 2.24) is 14.5 Å². The van der Waals surface area contributed by atoms with Crippen LogP contribution in [0.25, 0.3) is 17.1 Å². The highest BCUT2D eigenvalue weighted by Crippen LogP contribution is 2.24. The fraction of sp³-hybridized carbons (Fsp3) is 0.500. The number of amides is 2. The predicted octanol–water partition coefficient (Wildman–Crippen LogP) is 1.71. The van der Waals surface area contributed by atoms with Gasteiger partial charge in [0.15, 0.2) is 0 Å². The maximum Gasteiger partial charge on any atom is 0.332 e. The second-order valence-corrected chi connectivity index (χ2v) is 9.04. The number of imide groups is 1. The topological polar surface area (TPSA) is 118 Å². The summed E-state index contributed by atoms with van der Waals surface area (Å²) < 4.78 is 18.8. The van der Waals surface area contributed by atoms with Crippen molar-refractivity contribution in [1.29, 1.82) is 0 Å². The third-order valence-corrected chi connectivity index (χ3v) is 5.17. The molecular formula is C24H31N3O7. The molecule has 1 fully saturated rings. The number of aryl methyl sites for hydroxylation is 1. The normalized spacial score (nSPS) is 16.9. The molecule has 0 bridgehead atoms. The Hall–Kier alpha value is -3.24. The zero-order valence-electron chi connectivity index (χ0n) is 20.0.